The zero-order chi connectivity index (χ0) is 13.8. The summed E-state index contributed by atoms with van der Waals surface area (Å²) >= 11 is 0. The molecule has 0 aromatic heterocycles. The summed E-state index contributed by atoms with van der Waals surface area (Å²) < 4.78 is 0. The van der Waals surface area contributed by atoms with Crippen molar-refractivity contribution in [2.45, 2.75) is 13.1 Å². The monoisotopic (exact) mass is 263 g/mol. The first kappa shape index (κ1) is 12.7. The Morgan fingerprint density at radius 3 is 2.70 bits per heavy atom. The summed E-state index contributed by atoms with van der Waals surface area (Å²) in [5.74, 6) is 0. The lowest BCUT2D eigenvalue weighted by Crippen LogP contribution is -2.28. The molecule has 0 bridgehead atoms. The highest BCUT2D eigenvalue weighted by Gasteiger charge is 2.14. The zero-order valence-corrected chi connectivity index (χ0v) is 11.3. The minimum absolute atomic E-state index is 0.715. The third-order valence-corrected chi connectivity index (χ3v) is 3.66. The normalized spacial score (nSPS) is 14.2. The van der Waals surface area contributed by atoms with Crippen molar-refractivity contribution in [2.75, 3.05) is 18.0 Å². The maximum absolute atomic E-state index is 8.85. The van der Waals surface area contributed by atoms with E-state index in [1.165, 1.54) is 16.8 Å². The van der Waals surface area contributed by atoms with Crippen LogP contribution >= 0.6 is 0 Å². The van der Waals surface area contributed by atoms with Crippen LogP contribution in [0.25, 0.3) is 0 Å². The number of benzene rings is 2. The van der Waals surface area contributed by atoms with Crippen LogP contribution in [0, 0.1) is 11.3 Å². The van der Waals surface area contributed by atoms with Gasteiger partial charge < -0.3 is 10.2 Å². The lowest BCUT2D eigenvalue weighted by atomic mass is 10.1. The van der Waals surface area contributed by atoms with E-state index in [-0.39, 0.29) is 0 Å². The van der Waals surface area contributed by atoms with Crippen molar-refractivity contribution in [2.24, 2.45) is 0 Å². The molecule has 0 unspecified atom stereocenters. The highest BCUT2D eigenvalue weighted by atomic mass is 15.2. The second-order valence-electron chi connectivity index (χ2n) is 5.04. The fraction of sp³-hybridized carbons (Fsp3) is 0.235. The number of fused-ring (bicyclic) bond motifs is 1. The number of nitrogens with zero attached hydrogens (tertiary/aromatic N) is 2. The number of hydrogen-bond donors (Lipinski definition) is 1. The van der Waals surface area contributed by atoms with Gasteiger partial charge in [0.05, 0.1) is 11.6 Å². The molecule has 3 rings (SSSR count). The average Bonchev–Trinajstić information content (AvgIpc) is 2.71. The maximum Gasteiger partial charge on any atom is 0.0991 e. The zero-order valence-electron chi connectivity index (χ0n) is 11.3. The van der Waals surface area contributed by atoms with Crippen molar-refractivity contribution in [3.8, 4) is 6.07 Å². The van der Waals surface area contributed by atoms with Gasteiger partial charge in [0, 0.05) is 31.9 Å². The summed E-state index contributed by atoms with van der Waals surface area (Å²) in [7, 11) is 0. The Kier molecular flexibility index (Phi) is 3.67. The molecule has 1 heterocycles. The van der Waals surface area contributed by atoms with Gasteiger partial charge in [-0.1, -0.05) is 30.3 Å². The molecule has 0 atom stereocenters. The summed E-state index contributed by atoms with van der Waals surface area (Å²) in [5, 5.41) is 12.3. The first-order chi connectivity index (χ1) is 9.86. The molecule has 100 valence electrons. The molecular formula is C17H17N3. The molecule has 3 nitrogen and oxygen atoms in total. The molecule has 1 aliphatic heterocycles. The van der Waals surface area contributed by atoms with Gasteiger partial charge in [0.2, 0.25) is 0 Å². The van der Waals surface area contributed by atoms with Crippen LogP contribution in [0.15, 0.2) is 48.5 Å². The quantitative estimate of drug-likeness (QED) is 0.905. The third kappa shape index (κ3) is 2.66. The van der Waals surface area contributed by atoms with Crippen LogP contribution < -0.4 is 10.2 Å². The molecule has 0 amide bonds. The van der Waals surface area contributed by atoms with Crippen molar-refractivity contribution >= 4 is 5.69 Å². The van der Waals surface area contributed by atoms with Crippen LogP contribution in [-0.2, 0) is 13.1 Å². The molecule has 0 saturated heterocycles. The standard InChI is InChI=1S/C17H17N3/c18-11-14-5-7-15(8-6-14)13-20-10-9-19-12-16-3-1-2-4-17(16)20/h1-8,19H,9-10,12-13H2. The number of para-hydroxylation sites is 1. The van der Waals surface area contributed by atoms with Gasteiger partial charge in [-0.25, -0.2) is 0 Å². The van der Waals surface area contributed by atoms with Crippen molar-refractivity contribution in [3.05, 3.63) is 65.2 Å². The van der Waals surface area contributed by atoms with Crippen LogP contribution in [0.4, 0.5) is 5.69 Å². The fourth-order valence-electron chi connectivity index (χ4n) is 2.60. The van der Waals surface area contributed by atoms with Gasteiger partial charge in [-0.3, -0.25) is 0 Å². The Bertz CT molecular complexity index is 625. The number of anilines is 1. The minimum atomic E-state index is 0.715. The Labute approximate surface area is 119 Å². The Hall–Kier alpha value is -2.31. The molecule has 20 heavy (non-hydrogen) atoms. The van der Waals surface area contributed by atoms with E-state index in [1.807, 2.05) is 24.3 Å². The molecule has 2 aromatic carbocycles. The molecule has 0 saturated carbocycles. The molecule has 0 radical (unpaired) electrons. The number of hydrogen-bond acceptors (Lipinski definition) is 3. The van der Waals surface area contributed by atoms with E-state index in [0.29, 0.717) is 5.56 Å². The number of rotatable bonds is 2. The largest absolute Gasteiger partial charge is 0.366 e. The van der Waals surface area contributed by atoms with Gasteiger partial charge in [0.15, 0.2) is 0 Å². The second-order valence-corrected chi connectivity index (χ2v) is 5.04. The number of nitriles is 1. The Morgan fingerprint density at radius 1 is 1.10 bits per heavy atom. The molecule has 0 aliphatic carbocycles. The van der Waals surface area contributed by atoms with Crippen LogP contribution in [-0.4, -0.2) is 13.1 Å². The molecule has 0 spiro atoms. The van der Waals surface area contributed by atoms with E-state index >= 15 is 0 Å². The van der Waals surface area contributed by atoms with E-state index in [2.05, 4.69) is 40.6 Å². The smallest absolute Gasteiger partial charge is 0.0991 e. The highest BCUT2D eigenvalue weighted by Crippen LogP contribution is 2.23. The van der Waals surface area contributed by atoms with E-state index in [4.69, 9.17) is 5.26 Å². The van der Waals surface area contributed by atoms with Gasteiger partial charge in [0.1, 0.15) is 0 Å². The molecule has 1 aliphatic rings. The minimum Gasteiger partial charge on any atom is -0.366 e. The molecule has 3 heteroatoms. The van der Waals surface area contributed by atoms with E-state index in [9.17, 15) is 0 Å². The summed E-state index contributed by atoms with van der Waals surface area (Å²) in [5.41, 5.74) is 4.60. The SMILES string of the molecule is N#Cc1ccc(CN2CCNCc3ccccc32)cc1. The first-order valence-corrected chi connectivity index (χ1v) is 6.89. The summed E-state index contributed by atoms with van der Waals surface area (Å²) in [6.07, 6.45) is 0. The second kappa shape index (κ2) is 5.77. The molecule has 1 N–H and O–H groups in total. The molecule has 0 fully saturated rings. The van der Waals surface area contributed by atoms with Gasteiger partial charge in [-0.15, -0.1) is 0 Å². The maximum atomic E-state index is 8.85. The summed E-state index contributed by atoms with van der Waals surface area (Å²) in [6.45, 7) is 3.80. The third-order valence-electron chi connectivity index (χ3n) is 3.66. The summed E-state index contributed by atoms with van der Waals surface area (Å²) in [4.78, 5) is 2.40. The van der Waals surface area contributed by atoms with Gasteiger partial charge in [-0.2, -0.15) is 5.26 Å². The van der Waals surface area contributed by atoms with Crippen molar-refractivity contribution in [1.82, 2.24) is 5.32 Å². The number of nitrogens with one attached hydrogen (secondary N) is 1. The average molecular weight is 263 g/mol. The topological polar surface area (TPSA) is 39.1 Å². The Morgan fingerprint density at radius 2 is 1.90 bits per heavy atom. The highest BCUT2D eigenvalue weighted by molar-refractivity contribution is 5.54. The lowest BCUT2D eigenvalue weighted by Gasteiger charge is -2.24. The van der Waals surface area contributed by atoms with Crippen molar-refractivity contribution in [3.63, 3.8) is 0 Å². The van der Waals surface area contributed by atoms with Gasteiger partial charge in [0.25, 0.3) is 0 Å². The van der Waals surface area contributed by atoms with Gasteiger partial charge in [-0.05, 0) is 29.3 Å². The van der Waals surface area contributed by atoms with Crippen molar-refractivity contribution < 1.29 is 0 Å². The van der Waals surface area contributed by atoms with Crippen LogP contribution in [0.2, 0.25) is 0 Å². The van der Waals surface area contributed by atoms with Crippen LogP contribution in [0.1, 0.15) is 16.7 Å². The first-order valence-electron chi connectivity index (χ1n) is 6.89. The lowest BCUT2D eigenvalue weighted by molar-refractivity contribution is 0.688. The van der Waals surface area contributed by atoms with E-state index in [1.54, 1.807) is 0 Å². The molecular weight excluding hydrogens is 246 g/mol. The van der Waals surface area contributed by atoms with E-state index < -0.39 is 0 Å². The van der Waals surface area contributed by atoms with E-state index in [0.717, 1.165) is 26.2 Å². The fourth-order valence-corrected chi connectivity index (χ4v) is 2.60. The molecule has 2 aromatic rings. The predicted octanol–water partition coefficient (Wildman–Crippen LogP) is 2.67. The summed E-state index contributed by atoms with van der Waals surface area (Å²) in [6, 6.07) is 18.6. The van der Waals surface area contributed by atoms with Crippen LogP contribution in [0.5, 0.6) is 0 Å². The predicted molar refractivity (Wildman–Crippen MR) is 80.4 cm³/mol. The van der Waals surface area contributed by atoms with Crippen molar-refractivity contribution in [1.29, 1.82) is 5.26 Å². The Balaban J connectivity index is 1.84. The van der Waals surface area contributed by atoms with Crippen LogP contribution in [0.3, 0.4) is 0 Å². The van der Waals surface area contributed by atoms with Gasteiger partial charge >= 0.3 is 0 Å².